The van der Waals surface area contributed by atoms with Crippen LogP contribution in [0.4, 0.5) is 13.2 Å². The van der Waals surface area contributed by atoms with Crippen molar-refractivity contribution in [2.75, 3.05) is 0 Å². The van der Waals surface area contributed by atoms with Gasteiger partial charge in [-0.15, -0.1) is 0 Å². The van der Waals surface area contributed by atoms with Gasteiger partial charge < -0.3 is 0 Å². The van der Waals surface area contributed by atoms with E-state index in [-0.39, 0.29) is 51.4 Å². The molecule has 0 aliphatic heterocycles. The predicted octanol–water partition coefficient (Wildman–Crippen LogP) is -0.570. The molecule has 0 atom stereocenters. The molecular formula is C4H9BF3K. The van der Waals surface area contributed by atoms with Crippen molar-refractivity contribution in [3.63, 3.8) is 0 Å². The summed E-state index contributed by atoms with van der Waals surface area (Å²) >= 11 is 0. The van der Waals surface area contributed by atoms with E-state index < -0.39 is 12.2 Å². The summed E-state index contributed by atoms with van der Waals surface area (Å²) in [5, 5.41) is 0. The number of rotatable bonds is 0. The third kappa shape index (κ3) is 4.84. The van der Waals surface area contributed by atoms with Gasteiger partial charge in [0.05, 0.1) is 0 Å². The van der Waals surface area contributed by atoms with Crippen molar-refractivity contribution in [2.24, 2.45) is 0 Å². The monoisotopic (exact) mass is 164 g/mol. The third-order valence-electron chi connectivity index (χ3n) is 0.982. The molecular weight excluding hydrogens is 155 g/mol. The minimum absolute atomic E-state index is 0. The van der Waals surface area contributed by atoms with Crippen LogP contribution in [0.25, 0.3) is 0 Å². The summed E-state index contributed by atoms with van der Waals surface area (Å²) in [7, 11) is 0. The van der Waals surface area contributed by atoms with Crippen LogP contribution in [0.5, 0.6) is 0 Å². The van der Waals surface area contributed by atoms with E-state index in [4.69, 9.17) is 0 Å². The van der Waals surface area contributed by atoms with Crippen molar-refractivity contribution in [1.82, 2.24) is 0 Å². The molecule has 0 aliphatic rings. The molecule has 0 spiro atoms. The molecule has 0 heterocycles. The van der Waals surface area contributed by atoms with E-state index in [9.17, 15) is 13.2 Å². The number of halogens is 3. The van der Waals surface area contributed by atoms with Crippen molar-refractivity contribution < 1.29 is 64.6 Å². The fraction of sp³-hybridized carbons (Fsp3) is 1.00. The fourth-order valence-electron chi connectivity index (χ4n) is 0. The second kappa shape index (κ2) is 3.76. The van der Waals surface area contributed by atoms with Crippen LogP contribution < -0.4 is 51.4 Å². The zero-order valence-electron chi connectivity index (χ0n) is 6.21. The number of alkyl halides is 3. The summed E-state index contributed by atoms with van der Waals surface area (Å²) in [5.74, 6) is 0. The van der Waals surface area contributed by atoms with Crippen molar-refractivity contribution >= 4 is 6.15 Å². The largest absolute Gasteiger partial charge is 1.00 e. The molecule has 0 aliphatic carbocycles. The average molecular weight is 164 g/mol. The van der Waals surface area contributed by atoms with Crippen molar-refractivity contribution in [1.29, 1.82) is 0 Å². The van der Waals surface area contributed by atoms with Gasteiger partial charge in [0.25, 0.3) is 0 Å². The van der Waals surface area contributed by atoms with Gasteiger partial charge >= 0.3 is 51.4 Å². The first-order valence-electron chi connectivity index (χ1n) is 2.59. The first-order valence-corrected chi connectivity index (χ1v) is 2.59. The van der Waals surface area contributed by atoms with Gasteiger partial charge in [-0.1, -0.05) is 0 Å². The normalized spacial score (nSPS) is 12.7. The Labute approximate surface area is 95.9 Å². The number of hydrogen-bond acceptors (Lipinski definition) is 0. The Hall–Kier alpha value is 1.49. The van der Waals surface area contributed by atoms with Crippen LogP contribution in [0.2, 0.25) is 20.5 Å². The molecule has 0 unspecified atom stereocenters. The topological polar surface area (TPSA) is 0 Å². The summed E-state index contributed by atoms with van der Waals surface area (Å²) in [6.07, 6.45) is -6.15. The summed E-state index contributed by atoms with van der Waals surface area (Å²) in [4.78, 5) is 0. The second-order valence-corrected chi connectivity index (χ2v) is 3.14. The Kier molecular flexibility index (Phi) is 5.48. The van der Waals surface area contributed by atoms with Gasteiger partial charge in [0.2, 0.25) is 6.08 Å². The minimum Gasteiger partial charge on any atom is -0.216 e. The Morgan fingerprint density at radius 3 is 1.11 bits per heavy atom. The molecule has 0 fully saturated rings. The molecule has 0 aromatic rings. The van der Waals surface area contributed by atoms with Crippen LogP contribution >= 0.6 is 0 Å². The molecule has 9 heavy (non-hydrogen) atoms. The molecule has 0 aromatic carbocycles. The zero-order chi connectivity index (χ0) is 7.00. The van der Waals surface area contributed by atoms with E-state index in [0.717, 1.165) is 0 Å². The Morgan fingerprint density at radius 1 is 1.00 bits per heavy atom. The van der Waals surface area contributed by atoms with Gasteiger partial charge in [0.1, 0.15) is 6.15 Å². The SMILES string of the molecule is C[B-](C)(C)C(F)(F)F.[K+]. The standard InChI is InChI=1S/C4H9BF3.K/c1-5(2,3)4(6,7)8;/h1-3H3;/q-1;+1. The Balaban J connectivity index is 0. The number of hydrogen-bond donors (Lipinski definition) is 0. The molecule has 0 aromatic heterocycles. The van der Waals surface area contributed by atoms with Crippen LogP contribution in [0.1, 0.15) is 0 Å². The zero-order valence-corrected chi connectivity index (χ0v) is 9.33. The summed E-state index contributed by atoms with van der Waals surface area (Å²) in [5.41, 5.74) is 0. The molecule has 0 N–H and O–H groups in total. The van der Waals surface area contributed by atoms with Gasteiger partial charge in [-0.25, -0.2) is 13.2 Å². The van der Waals surface area contributed by atoms with E-state index >= 15 is 0 Å². The maximum absolute atomic E-state index is 11.6. The van der Waals surface area contributed by atoms with E-state index in [2.05, 4.69) is 0 Å². The van der Waals surface area contributed by atoms with Crippen molar-refractivity contribution in [2.45, 2.75) is 26.5 Å². The fourth-order valence-corrected chi connectivity index (χ4v) is 0. The molecule has 5 heteroatoms. The summed E-state index contributed by atoms with van der Waals surface area (Å²) in [6, 6.07) is 0. The third-order valence-corrected chi connectivity index (χ3v) is 0.982. The van der Waals surface area contributed by atoms with Gasteiger partial charge in [-0.3, -0.25) is 0 Å². The molecule has 0 radical (unpaired) electrons. The smallest absolute Gasteiger partial charge is 0.216 e. The minimum atomic E-state index is -4.00. The van der Waals surface area contributed by atoms with Crippen LogP contribution in [0.15, 0.2) is 0 Å². The van der Waals surface area contributed by atoms with E-state index in [1.807, 2.05) is 0 Å². The molecule has 0 rings (SSSR count). The maximum atomic E-state index is 11.6. The van der Waals surface area contributed by atoms with E-state index in [1.165, 1.54) is 20.5 Å². The van der Waals surface area contributed by atoms with E-state index in [1.54, 1.807) is 0 Å². The van der Waals surface area contributed by atoms with Crippen LogP contribution in [0, 0.1) is 0 Å². The molecule has 0 bridgehead atoms. The second-order valence-electron chi connectivity index (χ2n) is 3.14. The molecule has 0 saturated carbocycles. The van der Waals surface area contributed by atoms with Gasteiger partial charge in [0.15, 0.2) is 0 Å². The molecule has 50 valence electrons. The van der Waals surface area contributed by atoms with Gasteiger partial charge in [-0.05, 0) is 0 Å². The first-order chi connectivity index (χ1) is 3.25. The van der Waals surface area contributed by atoms with Crippen LogP contribution in [0.3, 0.4) is 0 Å². The first kappa shape index (κ1) is 13.1. The van der Waals surface area contributed by atoms with Crippen molar-refractivity contribution in [3.8, 4) is 0 Å². The molecule has 0 amide bonds. The maximum Gasteiger partial charge on any atom is 1.00 e. The Bertz CT molecular complexity index is 70.8. The summed E-state index contributed by atoms with van der Waals surface area (Å²) < 4.78 is 34.8. The Morgan fingerprint density at radius 2 is 1.11 bits per heavy atom. The quantitative estimate of drug-likeness (QED) is 0.420. The molecule has 0 saturated heterocycles. The van der Waals surface area contributed by atoms with Crippen LogP contribution in [-0.4, -0.2) is 12.2 Å². The van der Waals surface area contributed by atoms with Crippen molar-refractivity contribution in [3.05, 3.63) is 0 Å². The predicted molar refractivity (Wildman–Crippen MR) is 29.4 cm³/mol. The molecule has 0 nitrogen and oxygen atoms in total. The summed E-state index contributed by atoms with van der Waals surface area (Å²) in [6.45, 7) is 3.62. The van der Waals surface area contributed by atoms with Gasteiger partial charge in [0, 0.05) is 0 Å². The van der Waals surface area contributed by atoms with Crippen LogP contribution in [-0.2, 0) is 0 Å². The average Bonchev–Trinajstić information content (AvgIpc) is 1.25. The van der Waals surface area contributed by atoms with Gasteiger partial charge in [-0.2, -0.15) is 20.5 Å². The van der Waals surface area contributed by atoms with E-state index in [0.29, 0.717) is 0 Å².